The van der Waals surface area contributed by atoms with Gasteiger partial charge in [0.2, 0.25) is 6.41 Å². The smallest absolute Gasteiger partial charge is 0.216 e. The molecule has 2 aromatic carbocycles. The molecule has 0 saturated carbocycles. The summed E-state index contributed by atoms with van der Waals surface area (Å²) < 4.78 is 5.33. The standard InChI is InChI=1S/C26H31NO4S/c1-32-26(22-14-12-21(13-15-22)20-10-6-3-7-11-20)16-23(24(28)29)27(18-26)25(30)31-17-19-8-4-2-5-9-19/h2-6,8-10,12-15,23-25,28-30H,7,11,16-18H2,1H3/t23-,25?,26-/m0/s1. The van der Waals surface area contributed by atoms with Gasteiger partial charge in [0.15, 0.2) is 6.29 Å². The van der Waals surface area contributed by atoms with Crippen molar-refractivity contribution in [1.82, 2.24) is 4.90 Å². The number of benzene rings is 2. The SMILES string of the molecule is CS[C@@]1(c2ccc(C3=CC=CCC3)cc2)C[C@@H](C(O)O)N(C(O)OCc2ccccc2)C1. The van der Waals surface area contributed by atoms with Crippen molar-refractivity contribution >= 4 is 17.3 Å². The van der Waals surface area contributed by atoms with Crippen LogP contribution in [-0.2, 0) is 16.1 Å². The van der Waals surface area contributed by atoms with Crippen molar-refractivity contribution < 1.29 is 20.1 Å². The summed E-state index contributed by atoms with van der Waals surface area (Å²) in [6, 6.07) is 17.6. The minimum Gasteiger partial charge on any atom is -0.367 e. The molecule has 0 bridgehead atoms. The molecule has 1 aliphatic carbocycles. The summed E-state index contributed by atoms with van der Waals surface area (Å²) >= 11 is 1.67. The van der Waals surface area contributed by atoms with E-state index in [0.29, 0.717) is 13.0 Å². The molecule has 1 saturated heterocycles. The Morgan fingerprint density at radius 3 is 2.47 bits per heavy atom. The maximum absolute atomic E-state index is 10.8. The Morgan fingerprint density at radius 2 is 1.84 bits per heavy atom. The summed E-state index contributed by atoms with van der Waals surface area (Å²) in [4.78, 5) is 1.66. The molecule has 32 heavy (non-hydrogen) atoms. The highest BCUT2D eigenvalue weighted by Gasteiger charge is 2.49. The topological polar surface area (TPSA) is 73.2 Å². The van der Waals surface area contributed by atoms with Crippen molar-refractivity contribution in [3.63, 3.8) is 0 Å². The number of hydrogen-bond donors (Lipinski definition) is 3. The Hall–Kier alpha value is -1.93. The van der Waals surface area contributed by atoms with E-state index in [1.54, 1.807) is 16.7 Å². The third-order valence-electron chi connectivity index (χ3n) is 6.46. The van der Waals surface area contributed by atoms with E-state index in [1.807, 2.05) is 36.6 Å². The molecule has 1 fully saturated rings. The molecular formula is C26H31NO4S. The van der Waals surface area contributed by atoms with E-state index in [4.69, 9.17) is 4.74 Å². The van der Waals surface area contributed by atoms with Crippen molar-refractivity contribution in [2.75, 3.05) is 12.8 Å². The van der Waals surface area contributed by atoms with Gasteiger partial charge in [0.05, 0.1) is 17.4 Å². The molecule has 0 spiro atoms. The Kier molecular flexibility index (Phi) is 7.51. The highest BCUT2D eigenvalue weighted by molar-refractivity contribution is 7.99. The second-order valence-electron chi connectivity index (χ2n) is 8.41. The summed E-state index contributed by atoms with van der Waals surface area (Å²) in [6.07, 6.45) is 8.29. The maximum Gasteiger partial charge on any atom is 0.216 e. The second-order valence-corrected chi connectivity index (χ2v) is 9.60. The summed E-state index contributed by atoms with van der Waals surface area (Å²) in [6.45, 7) is 0.703. The fraction of sp³-hybridized carbons (Fsp3) is 0.385. The predicted molar refractivity (Wildman–Crippen MR) is 129 cm³/mol. The fourth-order valence-corrected chi connectivity index (χ4v) is 5.58. The van der Waals surface area contributed by atoms with Crippen LogP contribution in [0.2, 0.25) is 0 Å². The van der Waals surface area contributed by atoms with Gasteiger partial charge in [-0.15, -0.1) is 0 Å². The van der Waals surface area contributed by atoms with Crippen LogP contribution in [0, 0.1) is 0 Å². The van der Waals surface area contributed by atoms with Crippen molar-refractivity contribution in [1.29, 1.82) is 0 Å². The predicted octanol–water partition coefficient (Wildman–Crippen LogP) is 3.86. The zero-order valence-corrected chi connectivity index (χ0v) is 19.1. The molecule has 1 unspecified atom stereocenters. The number of nitrogens with zero attached hydrogens (tertiary/aromatic N) is 1. The molecule has 3 atom stereocenters. The van der Waals surface area contributed by atoms with E-state index < -0.39 is 18.7 Å². The van der Waals surface area contributed by atoms with Gasteiger partial charge in [0, 0.05) is 6.54 Å². The zero-order valence-electron chi connectivity index (χ0n) is 18.3. The second kappa shape index (κ2) is 10.3. The van der Waals surface area contributed by atoms with Gasteiger partial charge in [-0.2, -0.15) is 11.8 Å². The van der Waals surface area contributed by atoms with Gasteiger partial charge in [-0.05, 0) is 47.8 Å². The van der Waals surface area contributed by atoms with Gasteiger partial charge >= 0.3 is 0 Å². The molecule has 3 N–H and O–H groups in total. The average Bonchev–Trinajstić information content (AvgIpc) is 3.26. The number of aliphatic hydroxyl groups is 3. The van der Waals surface area contributed by atoms with Crippen molar-refractivity contribution in [2.24, 2.45) is 0 Å². The molecule has 2 aliphatic rings. The van der Waals surface area contributed by atoms with E-state index in [0.717, 1.165) is 24.0 Å². The van der Waals surface area contributed by atoms with Gasteiger partial charge in [-0.3, -0.25) is 0 Å². The number of aliphatic hydroxyl groups excluding tert-OH is 2. The zero-order chi connectivity index (χ0) is 22.6. The van der Waals surface area contributed by atoms with Crippen LogP contribution in [0.5, 0.6) is 0 Å². The average molecular weight is 454 g/mol. The fourth-order valence-electron chi connectivity index (χ4n) is 4.60. The third-order valence-corrected chi connectivity index (χ3v) is 7.77. The lowest BCUT2D eigenvalue weighted by Gasteiger charge is -2.31. The van der Waals surface area contributed by atoms with E-state index >= 15 is 0 Å². The normalized spacial score (nSPS) is 24.7. The number of thioether (sulfide) groups is 1. The molecule has 170 valence electrons. The lowest BCUT2D eigenvalue weighted by molar-refractivity contribution is -0.227. The van der Waals surface area contributed by atoms with Gasteiger partial charge in [-0.25, -0.2) is 4.90 Å². The first-order valence-electron chi connectivity index (χ1n) is 11.0. The van der Waals surface area contributed by atoms with Crippen LogP contribution in [-0.4, -0.2) is 51.8 Å². The number of likely N-dealkylation sites (tertiary alicyclic amines) is 1. The minimum atomic E-state index is -1.57. The van der Waals surface area contributed by atoms with Gasteiger partial charge in [0.1, 0.15) is 0 Å². The molecular weight excluding hydrogens is 422 g/mol. The Morgan fingerprint density at radius 1 is 1.09 bits per heavy atom. The highest BCUT2D eigenvalue weighted by Crippen LogP contribution is 2.47. The molecule has 6 heteroatoms. The van der Waals surface area contributed by atoms with E-state index in [2.05, 4.69) is 42.5 Å². The first kappa shape index (κ1) is 23.2. The molecule has 0 aromatic heterocycles. The minimum absolute atomic E-state index is 0.247. The van der Waals surface area contributed by atoms with E-state index in [9.17, 15) is 15.3 Å². The highest BCUT2D eigenvalue weighted by atomic mass is 32.2. The molecule has 0 amide bonds. The molecule has 0 radical (unpaired) electrons. The number of ether oxygens (including phenoxy) is 1. The first-order valence-corrected chi connectivity index (χ1v) is 12.2. The molecule has 4 rings (SSSR count). The van der Waals surface area contributed by atoms with Crippen LogP contribution in [0.3, 0.4) is 0 Å². The Labute approximate surface area is 194 Å². The summed E-state index contributed by atoms with van der Waals surface area (Å²) in [5, 5.41) is 30.9. The maximum atomic E-state index is 10.8. The summed E-state index contributed by atoms with van der Waals surface area (Å²) in [5.74, 6) is 0. The van der Waals surface area contributed by atoms with Crippen LogP contribution in [0.15, 0.2) is 72.8 Å². The van der Waals surface area contributed by atoms with Crippen molar-refractivity contribution in [2.45, 2.75) is 49.4 Å². The van der Waals surface area contributed by atoms with Gasteiger partial charge in [0.25, 0.3) is 0 Å². The molecule has 1 aliphatic heterocycles. The van der Waals surface area contributed by atoms with E-state index in [1.165, 1.54) is 11.1 Å². The van der Waals surface area contributed by atoms with Gasteiger partial charge < -0.3 is 20.1 Å². The van der Waals surface area contributed by atoms with Crippen LogP contribution >= 0.6 is 11.8 Å². The molecule has 1 heterocycles. The van der Waals surface area contributed by atoms with E-state index in [-0.39, 0.29) is 11.4 Å². The molecule has 5 nitrogen and oxygen atoms in total. The Balaban J connectivity index is 1.52. The lowest BCUT2D eigenvalue weighted by Crippen LogP contribution is -2.46. The first-order chi connectivity index (χ1) is 15.5. The Bertz CT molecular complexity index is 944. The van der Waals surface area contributed by atoms with Gasteiger partial charge in [-0.1, -0.05) is 72.8 Å². The van der Waals surface area contributed by atoms with Crippen LogP contribution in [0.1, 0.15) is 36.0 Å². The largest absolute Gasteiger partial charge is 0.367 e. The number of allylic oxidation sites excluding steroid dienone is 4. The third kappa shape index (κ3) is 5.01. The van der Waals surface area contributed by atoms with Crippen molar-refractivity contribution in [3.8, 4) is 0 Å². The lowest BCUT2D eigenvalue weighted by atomic mass is 9.91. The van der Waals surface area contributed by atoms with Crippen LogP contribution in [0.4, 0.5) is 0 Å². The summed E-state index contributed by atoms with van der Waals surface area (Å²) in [7, 11) is 0. The molecule has 2 aromatic rings. The van der Waals surface area contributed by atoms with Crippen LogP contribution in [0.25, 0.3) is 5.57 Å². The van der Waals surface area contributed by atoms with Crippen LogP contribution < -0.4 is 0 Å². The monoisotopic (exact) mass is 453 g/mol. The van der Waals surface area contributed by atoms with Crippen molar-refractivity contribution in [3.05, 3.63) is 89.5 Å². The quantitative estimate of drug-likeness (QED) is 0.527. The number of hydrogen-bond acceptors (Lipinski definition) is 6. The summed E-state index contributed by atoms with van der Waals surface area (Å²) in [5.41, 5.74) is 4.61. The number of rotatable bonds is 8.